The second-order valence-electron chi connectivity index (χ2n) is 14.4. The Morgan fingerprint density at radius 3 is 1.93 bits per heavy atom. The fraction of sp³-hybridized carbons (Fsp3) is 0. The molecule has 3 heterocycles. The summed E-state index contributed by atoms with van der Waals surface area (Å²) in [6, 6.07) is 68.2. The highest BCUT2D eigenvalue weighted by Gasteiger charge is 2.24. The Morgan fingerprint density at radius 1 is 0.393 bits per heavy atom. The average molecular weight is 750 g/mol. The lowest BCUT2D eigenvalue weighted by Crippen LogP contribution is -2.10. The van der Waals surface area contributed by atoms with E-state index >= 15 is 0 Å². The lowest BCUT2D eigenvalue weighted by Gasteiger charge is -2.27. The standard InChI is InChI=1S/C52H31NOS2/c1-3-12-32(13-4-1)33-24-27-36(28-25-33)53(44-21-10-19-39-42-30-41-38-17-7-8-23-46(38)55-47(41)31-48(42)56-52(39)44)43-20-9-16-35-26-29-40-50-37(34-14-5-2-6-15-34)18-11-22-45(50)54-51(40)49(35)43/h1-31H. The van der Waals surface area contributed by atoms with Gasteiger partial charge in [-0.15, -0.1) is 22.7 Å². The van der Waals surface area contributed by atoms with Crippen LogP contribution in [0.2, 0.25) is 0 Å². The molecule has 3 aromatic heterocycles. The monoisotopic (exact) mass is 749 g/mol. The van der Waals surface area contributed by atoms with Gasteiger partial charge in [0.25, 0.3) is 0 Å². The third-order valence-corrected chi connectivity index (χ3v) is 13.6. The van der Waals surface area contributed by atoms with Gasteiger partial charge in [-0.05, 0) is 82.2 Å². The maximum atomic E-state index is 6.95. The molecule has 0 saturated heterocycles. The number of hydrogen-bond acceptors (Lipinski definition) is 4. The molecular formula is C52H31NOS2. The summed E-state index contributed by atoms with van der Waals surface area (Å²) >= 11 is 3.76. The van der Waals surface area contributed by atoms with Gasteiger partial charge in [0.1, 0.15) is 11.2 Å². The van der Waals surface area contributed by atoms with Gasteiger partial charge < -0.3 is 9.32 Å². The lowest BCUT2D eigenvalue weighted by atomic mass is 9.97. The van der Waals surface area contributed by atoms with Gasteiger partial charge in [0, 0.05) is 57.5 Å². The molecule has 0 N–H and O–H groups in total. The molecule has 0 saturated carbocycles. The minimum Gasteiger partial charge on any atom is -0.455 e. The van der Waals surface area contributed by atoms with Crippen molar-refractivity contribution in [3.05, 3.63) is 188 Å². The molecule has 0 amide bonds. The predicted octanol–water partition coefficient (Wildman–Crippen LogP) is 16.3. The quantitative estimate of drug-likeness (QED) is 0.174. The summed E-state index contributed by atoms with van der Waals surface area (Å²) in [6.07, 6.45) is 0. The fourth-order valence-electron chi connectivity index (χ4n) is 8.70. The molecule has 56 heavy (non-hydrogen) atoms. The summed E-state index contributed by atoms with van der Waals surface area (Å²) in [6.45, 7) is 0. The van der Waals surface area contributed by atoms with E-state index in [0.717, 1.165) is 49.8 Å². The Kier molecular flexibility index (Phi) is 7.00. The summed E-state index contributed by atoms with van der Waals surface area (Å²) in [4.78, 5) is 2.46. The normalized spacial score (nSPS) is 11.9. The smallest absolute Gasteiger partial charge is 0.145 e. The topological polar surface area (TPSA) is 16.4 Å². The van der Waals surface area contributed by atoms with E-state index in [-0.39, 0.29) is 0 Å². The van der Waals surface area contributed by atoms with Crippen LogP contribution in [-0.2, 0) is 0 Å². The number of rotatable bonds is 5. The molecule has 4 heteroatoms. The molecule has 0 unspecified atom stereocenters. The van der Waals surface area contributed by atoms with Gasteiger partial charge in [0.2, 0.25) is 0 Å². The number of hydrogen-bond donors (Lipinski definition) is 0. The highest BCUT2D eigenvalue weighted by atomic mass is 32.1. The second kappa shape index (κ2) is 12.4. The maximum Gasteiger partial charge on any atom is 0.145 e. The maximum absolute atomic E-state index is 6.95. The summed E-state index contributed by atoms with van der Waals surface area (Å²) < 4.78 is 12.2. The molecular weight excluding hydrogens is 719 g/mol. The van der Waals surface area contributed by atoms with Crippen LogP contribution >= 0.6 is 22.7 Å². The molecule has 9 aromatic carbocycles. The first kappa shape index (κ1) is 31.6. The van der Waals surface area contributed by atoms with E-state index in [1.165, 1.54) is 62.6 Å². The van der Waals surface area contributed by atoms with E-state index in [1.807, 2.05) is 22.7 Å². The summed E-state index contributed by atoms with van der Waals surface area (Å²) in [5.41, 5.74) is 9.86. The number of fused-ring (bicyclic) bond motifs is 11. The highest BCUT2D eigenvalue weighted by molar-refractivity contribution is 7.28. The van der Waals surface area contributed by atoms with Crippen LogP contribution in [-0.4, -0.2) is 0 Å². The molecule has 0 atom stereocenters. The second-order valence-corrected chi connectivity index (χ2v) is 16.5. The summed E-state index contributed by atoms with van der Waals surface area (Å²) in [5.74, 6) is 0. The molecule has 12 aromatic rings. The van der Waals surface area contributed by atoms with Crippen LogP contribution < -0.4 is 4.90 Å². The van der Waals surface area contributed by atoms with Gasteiger partial charge in [-0.1, -0.05) is 133 Å². The van der Waals surface area contributed by atoms with E-state index in [1.54, 1.807) is 0 Å². The van der Waals surface area contributed by atoms with Crippen molar-refractivity contribution >= 4 is 113 Å². The molecule has 12 rings (SSSR count). The van der Waals surface area contributed by atoms with E-state index < -0.39 is 0 Å². The Labute approximate surface area is 330 Å². The Hall–Kier alpha value is -6.72. The third kappa shape index (κ3) is 4.80. The number of thiophene rings is 2. The highest BCUT2D eigenvalue weighted by Crippen LogP contribution is 2.50. The lowest BCUT2D eigenvalue weighted by molar-refractivity contribution is 0.673. The molecule has 0 fully saturated rings. The van der Waals surface area contributed by atoms with Gasteiger partial charge >= 0.3 is 0 Å². The van der Waals surface area contributed by atoms with Crippen molar-refractivity contribution < 1.29 is 4.42 Å². The van der Waals surface area contributed by atoms with Crippen LogP contribution in [0.25, 0.3) is 95.3 Å². The molecule has 0 aliphatic carbocycles. The number of anilines is 3. The summed E-state index contributed by atoms with van der Waals surface area (Å²) in [7, 11) is 0. The van der Waals surface area contributed by atoms with Crippen molar-refractivity contribution in [1.82, 2.24) is 0 Å². The zero-order valence-corrected chi connectivity index (χ0v) is 31.7. The van der Waals surface area contributed by atoms with E-state index in [9.17, 15) is 0 Å². The van der Waals surface area contributed by atoms with Crippen molar-refractivity contribution in [1.29, 1.82) is 0 Å². The van der Waals surface area contributed by atoms with E-state index in [0.29, 0.717) is 0 Å². The van der Waals surface area contributed by atoms with E-state index in [4.69, 9.17) is 4.42 Å². The molecule has 0 spiro atoms. The molecule has 0 aliphatic heterocycles. The van der Waals surface area contributed by atoms with E-state index in [2.05, 4.69) is 193 Å². The van der Waals surface area contributed by atoms with Crippen molar-refractivity contribution in [2.75, 3.05) is 4.90 Å². The van der Waals surface area contributed by atoms with Gasteiger partial charge in [0.05, 0.1) is 16.1 Å². The van der Waals surface area contributed by atoms with Gasteiger partial charge in [-0.2, -0.15) is 0 Å². The van der Waals surface area contributed by atoms with Crippen LogP contribution in [0.3, 0.4) is 0 Å². The van der Waals surface area contributed by atoms with Gasteiger partial charge in [-0.25, -0.2) is 0 Å². The number of nitrogens with zero attached hydrogens (tertiary/aromatic N) is 1. The average Bonchev–Trinajstić information content (AvgIpc) is 3.95. The molecule has 262 valence electrons. The van der Waals surface area contributed by atoms with Crippen LogP contribution in [0.4, 0.5) is 17.1 Å². The SMILES string of the molecule is c1ccc(-c2ccc(N(c3cccc4c3sc3cc5sc6ccccc6c5cc34)c3cccc4ccc5c(oc6cccc(-c7ccccc7)c65)c34)cc2)cc1. The molecule has 0 bridgehead atoms. The van der Waals surface area contributed by atoms with Crippen molar-refractivity contribution in [2.45, 2.75) is 0 Å². The third-order valence-electron chi connectivity index (χ3n) is 11.3. The molecule has 0 radical (unpaired) electrons. The molecule has 0 aliphatic rings. The summed E-state index contributed by atoms with van der Waals surface area (Å²) in [5, 5.41) is 9.71. The minimum atomic E-state index is 0.890. The van der Waals surface area contributed by atoms with Crippen LogP contribution in [0.15, 0.2) is 192 Å². The van der Waals surface area contributed by atoms with Crippen molar-refractivity contribution in [2.24, 2.45) is 0 Å². The Balaban J connectivity index is 1.14. The first-order chi connectivity index (χ1) is 27.8. The zero-order valence-electron chi connectivity index (χ0n) is 30.1. The first-order valence-electron chi connectivity index (χ1n) is 18.9. The van der Waals surface area contributed by atoms with Crippen molar-refractivity contribution in [3.63, 3.8) is 0 Å². The zero-order chi connectivity index (χ0) is 36.7. The van der Waals surface area contributed by atoms with Crippen LogP contribution in [0, 0.1) is 0 Å². The Morgan fingerprint density at radius 2 is 1.07 bits per heavy atom. The Bertz CT molecular complexity index is 3470. The van der Waals surface area contributed by atoms with Crippen molar-refractivity contribution in [3.8, 4) is 22.3 Å². The number of furan rings is 1. The molecule has 2 nitrogen and oxygen atoms in total. The first-order valence-corrected chi connectivity index (χ1v) is 20.5. The van der Waals surface area contributed by atoms with Gasteiger partial charge in [-0.3, -0.25) is 0 Å². The largest absolute Gasteiger partial charge is 0.455 e. The fourth-order valence-corrected chi connectivity index (χ4v) is 11.1. The minimum absolute atomic E-state index is 0.890. The van der Waals surface area contributed by atoms with Gasteiger partial charge in [0.15, 0.2) is 0 Å². The van der Waals surface area contributed by atoms with Crippen LogP contribution in [0.1, 0.15) is 0 Å². The predicted molar refractivity (Wildman–Crippen MR) is 243 cm³/mol. The number of benzene rings is 9. The van der Waals surface area contributed by atoms with Crippen LogP contribution in [0.5, 0.6) is 0 Å².